The van der Waals surface area contributed by atoms with E-state index in [9.17, 15) is 13.2 Å². The molecule has 0 saturated carbocycles. The highest BCUT2D eigenvalue weighted by molar-refractivity contribution is 7.89. The molecule has 0 aliphatic carbocycles. The molecule has 0 atom stereocenters. The van der Waals surface area contributed by atoms with Gasteiger partial charge in [0.15, 0.2) is 6.61 Å². The molecule has 1 heterocycles. The van der Waals surface area contributed by atoms with Gasteiger partial charge in [-0.1, -0.05) is 11.6 Å². The van der Waals surface area contributed by atoms with E-state index in [0.29, 0.717) is 42.8 Å². The number of carbonyl (C=O) groups excluding carboxylic acids is 1. The van der Waals surface area contributed by atoms with Crippen molar-refractivity contribution in [2.75, 3.05) is 46.1 Å². The summed E-state index contributed by atoms with van der Waals surface area (Å²) in [5.74, 6) is 0.463. The average molecular weight is 456 g/mol. The van der Waals surface area contributed by atoms with Gasteiger partial charge in [0.05, 0.1) is 18.1 Å². The summed E-state index contributed by atoms with van der Waals surface area (Å²) in [7, 11) is -3.54. The molecule has 0 unspecified atom stereocenters. The van der Waals surface area contributed by atoms with Crippen LogP contribution in [0.5, 0.6) is 11.5 Å². The number of rotatable bonds is 9. The topological polar surface area (TPSA) is 91.4 Å². The predicted octanol–water partition coefficient (Wildman–Crippen LogP) is 2.36. The van der Waals surface area contributed by atoms with E-state index in [1.165, 1.54) is 16.4 Å². The molecular weight excluding hydrogens is 434 g/mol. The van der Waals surface area contributed by atoms with Gasteiger partial charge in [-0.25, -0.2) is 13.2 Å². The highest BCUT2D eigenvalue weighted by Crippen LogP contribution is 2.20. The van der Waals surface area contributed by atoms with E-state index in [0.717, 1.165) is 0 Å². The van der Waals surface area contributed by atoms with Crippen molar-refractivity contribution in [2.45, 2.75) is 4.90 Å². The number of halogens is 1. The summed E-state index contributed by atoms with van der Waals surface area (Å²) >= 11 is 5.78. The van der Waals surface area contributed by atoms with Crippen LogP contribution in [0.1, 0.15) is 0 Å². The Hall–Kier alpha value is -2.33. The Morgan fingerprint density at radius 1 is 0.933 bits per heavy atom. The van der Waals surface area contributed by atoms with Gasteiger partial charge in [-0.3, -0.25) is 0 Å². The van der Waals surface area contributed by atoms with E-state index in [4.69, 9.17) is 30.5 Å². The van der Waals surface area contributed by atoms with Crippen LogP contribution in [0, 0.1) is 0 Å². The van der Waals surface area contributed by atoms with Crippen LogP contribution in [0.4, 0.5) is 0 Å². The fourth-order valence-electron chi connectivity index (χ4n) is 2.67. The lowest BCUT2D eigenvalue weighted by Crippen LogP contribution is -2.40. The average Bonchev–Trinajstić information content (AvgIpc) is 2.77. The molecule has 0 N–H and O–H groups in total. The first-order valence-electron chi connectivity index (χ1n) is 9.30. The van der Waals surface area contributed by atoms with Gasteiger partial charge in [0, 0.05) is 18.1 Å². The minimum atomic E-state index is -3.54. The lowest BCUT2D eigenvalue weighted by molar-refractivity contribution is -0.146. The summed E-state index contributed by atoms with van der Waals surface area (Å²) in [6, 6.07) is 12.8. The highest BCUT2D eigenvalue weighted by atomic mass is 35.5. The minimum absolute atomic E-state index is 0.0383. The van der Waals surface area contributed by atoms with Gasteiger partial charge in [0.2, 0.25) is 10.0 Å². The minimum Gasteiger partial charge on any atom is -0.490 e. The van der Waals surface area contributed by atoms with Crippen LogP contribution < -0.4 is 9.47 Å². The molecule has 0 aromatic heterocycles. The molecule has 10 heteroatoms. The van der Waals surface area contributed by atoms with Crippen molar-refractivity contribution in [1.29, 1.82) is 0 Å². The Morgan fingerprint density at radius 3 is 2.20 bits per heavy atom. The number of carbonyl (C=O) groups is 1. The van der Waals surface area contributed by atoms with Crippen LogP contribution in [0.2, 0.25) is 5.02 Å². The molecule has 0 bridgehead atoms. The van der Waals surface area contributed by atoms with Gasteiger partial charge in [-0.05, 0) is 48.5 Å². The SMILES string of the molecule is O=C(COc1ccc(Cl)cc1)OCCOc1ccc(S(=O)(=O)N2CCOCC2)cc1. The van der Waals surface area contributed by atoms with E-state index in [1.54, 1.807) is 36.4 Å². The third kappa shape index (κ3) is 6.33. The Labute approximate surface area is 180 Å². The molecule has 1 aliphatic rings. The number of hydrogen-bond donors (Lipinski definition) is 0. The normalized spacial score (nSPS) is 14.8. The largest absolute Gasteiger partial charge is 0.490 e. The fourth-order valence-corrected chi connectivity index (χ4v) is 4.21. The van der Waals surface area contributed by atoms with Gasteiger partial charge in [-0.15, -0.1) is 0 Å². The lowest BCUT2D eigenvalue weighted by Gasteiger charge is -2.26. The monoisotopic (exact) mass is 455 g/mol. The second-order valence-corrected chi connectivity index (χ2v) is 8.67. The summed E-state index contributed by atoms with van der Waals surface area (Å²) < 4.78 is 47.5. The van der Waals surface area contributed by atoms with Crippen molar-refractivity contribution in [2.24, 2.45) is 0 Å². The highest BCUT2D eigenvalue weighted by Gasteiger charge is 2.26. The Balaban J connectivity index is 1.38. The van der Waals surface area contributed by atoms with Crippen molar-refractivity contribution < 1.29 is 32.2 Å². The number of hydrogen-bond acceptors (Lipinski definition) is 7. The molecule has 30 heavy (non-hydrogen) atoms. The van der Waals surface area contributed by atoms with E-state index < -0.39 is 16.0 Å². The zero-order valence-electron chi connectivity index (χ0n) is 16.2. The van der Waals surface area contributed by atoms with E-state index in [1.807, 2.05) is 0 Å². The van der Waals surface area contributed by atoms with E-state index in [2.05, 4.69) is 0 Å². The van der Waals surface area contributed by atoms with Crippen molar-refractivity contribution >= 4 is 27.6 Å². The van der Waals surface area contributed by atoms with Crippen LogP contribution in [-0.2, 0) is 24.3 Å². The van der Waals surface area contributed by atoms with E-state index >= 15 is 0 Å². The number of sulfonamides is 1. The molecule has 1 fully saturated rings. The molecule has 3 rings (SSSR count). The van der Waals surface area contributed by atoms with Crippen molar-refractivity contribution in [3.05, 3.63) is 53.6 Å². The summed E-state index contributed by atoms with van der Waals surface area (Å²) in [6.07, 6.45) is 0. The first-order chi connectivity index (χ1) is 14.4. The maximum atomic E-state index is 12.6. The van der Waals surface area contributed by atoms with Gasteiger partial charge < -0.3 is 18.9 Å². The molecule has 1 saturated heterocycles. The molecule has 2 aromatic rings. The lowest BCUT2D eigenvalue weighted by atomic mass is 10.3. The maximum Gasteiger partial charge on any atom is 0.344 e. The number of benzene rings is 2. The van der Waals surface area contributed by atoms with Gasteiger partial charge in [0.25, 0.3) is 0 Å². The second-order valence-electron chi connectivity index (χ2n) is 6.30. The number of morpholine rings is 1. The standard InChI is InChI=1S/C20H22ClNO7S/c21-16-1-3-18(4-2-16)29-15-20(23)28-14-13-27-17-5-7-19(8-6-17)30(24,25)22-9-11-26-12-10-22/h1-8H,9-15H2. The summed E-state index contributed by atoms with van der Waals surface area (Å²) in [5, 5.41) is 0.578. The second kappa shape index (κ2) is 10.6. The third-order valence-corrected chi connectivity index (χ3v) is 6.38. The fraction of sp³-hybridized carbons (Fsp3) is 0.350. The third-order valence-electron chi connectivity index (χ3n) is 4.22. The van der Waals surface area contributed by atoms with E-state index in [-0.39, 0.29) is 24.7 Å². The molecule has 0 radical (unpaired) electrons. The molecule has 0 spiro atoms. The summed E-state index contributed by atoms with van der Waals surface area (Å²) in [5.41, 5.74) is 0. The predicted molar refractivity (Wildman–Crippen MR) is 109 cm³/mol. The number of ether oxygens (including phenoxy) is 4. The molecule has 8 nitrogen and oxygen atoms in total. The molecular formula is C20H22ClNO7S. The van der Waals surface area contributed by atoms with Crippen molar-refractivity contribution in [3.63, 3.8) is 0 Å². The van der Waals surface area contributed by atoms with Crippen LogP contribution in [0.15, 0.2) is 53.4 Å². The van der Waals surface area contributed by atoms with Gasteiger partial charge >= 0.3 is 5.97 Å². The maximum absolute atomic E-state index is 12.6. The molecule has 162 valence electrons. The molecule has 2 aromatic carbocycles. The summed E-state index contributed by atoms with van der Waals surface area (Å²) in [4.78, 5) is 11.9. The summed E-state index contributed by atoms with van der Waals surface area (Å²) in [6.45, 7) is 1.41. The Morgan fingerprint density at radius 2 is 1.53 bits per heavy atom. The Kier molecular flexibility index (Phi) is 7.92. The molecule has 1 aliphatic heterocycles. The van der Waals surface area contributed by atoms with Crippen LogP contribution in [0.3, 0.4) is 0 Å². The molecule has 0 amide bonds. The smallest absolute Gasteiger partial charge is 0.344 e. The van der Waals surface area contributed by atoms with Gasteiger partial charge in [0.1, 0.15) is 24.7 Å². The zero-order valence-corrected chi connectivity index (χ0v) is 17.7. The quantitative estimate of drug-likeness (QED) is 0.423. The first-order valence-corrected chi connectivity index (χ1v) is 11.1. The van der Waals surface area contributed by atoms with Crippen molar-refractivity contribution in [3.8, 4) is 11.5 Å². The van der Waals surface area contributed by atoms with Crippen LogP contribution in [0.25, 0.3) is 0 Å². The number of esters is 1. The zero-order chi connectivity index (χ0) is 21.4. The van der Waals surface area contributed by atoms with Crippen LogP contribution >= 0.6 is 11.6 Å². The first kappa shape index (κ1) is 22.4. The van der Waals surface area contributed by atoms with Gasteiger partial charge in [-0.2, -0.15) is 4.31 Å². The Bertz CT molecular complexity index is 927. The van der Waals surface area contributed by atoms with Crippen molar-refractivity contribution in [1.82, 2.24) is 4.31 Å². The van der Waals surface area contributed by atoms with Crippen LogP contribution in [-0.4, -0.2) is 64.8 Å². The number of nitrogens with zero attached hydrogens (tertiary/aromatic N) is 1.